The number of carbonyl (C=O) groups excluding carboxylic acids is 1. The standard InChI is InChI=1S/C17H17Cl2N3O3/c1-24-14-7-6-11(17(21-14)25-10-4-2-3-5-10)16(23)22-15-12(18)8-20-9-13(15)19/h6-10H,2-5H2,1H3,(H,20,22,23). The van der Waals surface area contributed by atoms with Gasteiger partial charge in [-0.25, -0.2) is 0 Å². The molecule has 1 N–H and O–H groups in total. The Balaban J connectivity index is 1.88. The normalized spacial score (nSPS) is 14.4. The van der Waals surface area contributed by atoms with E-state index in [0.717, 1.165) is 25.7 Å². The maximum atomic E-state index is 12.7. The Morgan fingerprint density at radius 2 is 1.88 bits per heavy atom. The van der Waals surface area contributed by atoms with Gasteiger partial charge in [0.1, 0.15) is 11.7 Å². The van der Waals surface area contributed by atoms with Crippen LogP contribution in [0.5, 0.6) is 11.8 Å². The molecule has 1 saturated carbocycles. The molecule has 0 unspecified atom stereocenters. The third-order valence-corrected chi connectivity index (χ3v) is 4.53. The van der Waals surface area contributed by atoms with Crippen molar-refractivity contribution in [1.29, 1.82) is 0 Å². The van der Waals surface area contributed by atoms with Gasteiger partial charge in [-0.2, -0.15) is 4.98 Å². The van der Waals surface area contributed by atoms with Crippen molar-refractivity contribution in [2.75, 3.05) is 12.4 Å². The highest BCUT2D eigenvalue weighted by molar-refractivity contribution is 6.39. The van der Waals surface area contributed by atoms with E-state index in [1.807, 2.05) is 0 Å². The number of carbonyl (C=O) groups is 1. The fraction of sp³-hybridized carbons (Fsp3) is 0.353. The molecule has 1 amide bonds. The van der Waals surface area contributed by atoms with Crippen LogP contribution >= 0.6 is 23.2 Å². The Morgan fingerprint density at radius 3 is 2.52 bits per heavy atom. The number of ether oxygens (including phenoxy) is 2. The highest BCUT2D eigenvalue weighted by Crippen LogP contribution is 2.31. The van der Waals surface area contributed by atoms with Gasteiger partial charge in [-0.1, -0.05) is 23.2 Å². The first kappa shape index (κ1) is 17.8. The van der Waals surface area contributed by atoms with Crippen molar-refractivity contribution in [3.63, 3.8) is 0 Å². The molecular formula is C17H17Cl2N3O3. The number of amides is 1. The second-order valence-electron chi connectivity index (χ2n) is 5.66. The van der Waals surface area contributed by atoms with Crippen molar-refractivity contribution in [2.24, 2.45) is 0 Å². The number of anilines is 1. The van der Waals surface area contributed by atoms with Gasteiger partial charge in [0.2, 0.25) is 11.8 Å². The molecule has 6 nitrogen and oxygen atoms in total. The van der Waals surface area contributed by atoms with Gasteiger partial charge in [0.25, 0.3) is 5.91 Å². The summed E-state index contributed by atoms with van der Waals surface area (Å²) in [7, 11) is 1.51. The van der Waals surface area contributed by atoms with E-state index in [0.29, 0.717) is 11.6 Å². The van der Waals surface area contributed by atoms with Gasteiger partial charge in [0, 0.05) is 18.5 Å². The van der Waals surface area contributed by atoms with E-state index in [9.17, 15) is 4.79 Å². The predicted octanol–water partition coefficient (Wildman–Crippen LogP) is 4.37. The van der Waals surface area contributed by atoms with Crippen molar-refractivity contribution in [1.82, 2.24) is 9.97 Å². The average Bonchev–Trinajstić information content (AvgIpc) is 3.11. The monoisotopic (exact) mass is 381 g/mol. The summed E-state index contributed by atoms with van der Waals surface area (Å²) in [6.07, 6.45) is 6.98. The minimum atomic E-state index is -0.418. The SMILES string of the molecule is COc1ccc(C(=O)Nc2c(Cl)cncc2Cl)c(OC2CCCC2)n1. The number of pyridine rings is 2. The predicted molar refractivity (Wildman–Crippen MR) is 95.9 cm³/mol. The molecule has 0 atom stereocenters. The van der Waals surface area contributed by atoms with Crippen LogP contribution in [0.4, 0.5) is 5.69 Å². The second-order valence-corrected chi connectivity index (χ2v) is 6.48. The van der Waals surface area contributed by atoms with Gasteiger partial charge in [-0.15, -0.1) is 0 Å². The van der Waals surface area contributed by atoms with Gasteiger partial charge in [0.05, 0.1) is 22.8 Å². The number of halogens is 2. The number of rotatable bonds is 5. The minimum absolute atomic E-state index is 0.0549. The summed E-state index contributed by atoms with van der Waals surface area (Å²) in [5.74, 6) is 0.202. The van der Waals surface area contributed by atoms with E-state index >= 15 is 0 Å². The van der Waals surface area contributed by atoms with Crippen LogP contribution in [-0.4, -0.2) is 29.1 Å². The van der Waals surface area contributed by atoms with Crippen LogP contribution < -0.4 is 14.8 Å². The van der Waals surface area contributed by atoms with Gasteiger partial charge in [-0.3, -0.25) is 9.78 Å². The average molecular weight is 382 g/mol. The van der Waals surface area contributed by atoms with E-state index in [4.69, 9.17) is 32.7 Å². The highest BCUT2D eigenvalue weighted by Gasteiger charge is 2.23. The fourth-order valence-corrected chi connectivity index (χ4v) is 3.13. The molecule has 0 spiro atoms. The van der Waals surface area contributed by atoms with E-state index in [1.165, 1.54) is 19.5 Å². The maximum absolute atomic E-state index is 12.7. The maximum Gasteiger partial charge on any atom is 0.261 e. The first-order chi connectivity index (χ1) is 12.1. The number of methoxy groups -OCH3 is 1. The lowest BCUT2D eigenvalue weighted by molar-refractivity contribution is 0.101. The molecular weight excluding hydrogens is 365 g/mol. The Labute approximate surface area is 155 Å². The molecule has 1 aliphatic carbocycles. The molecule has 1 aliphatic rings. The molecule has 0 saturated heterocycles. The lowest BCUT2D eigenvalue weighted by atomic mass is 10.2. The summed E-state index contributed by atoms with van der Waals surface area (Å²) in [5, 5.41) is 3.19. The zero-order chi connectivity index (χ0) is 17.8. The minimum Gasteiger partial charge on any atom is -0.481 e. The molecule has 0 bridgehead atoms. The molecule has 0 aromatic carbocycles. The summed E-state index contributed by atoms with van der Waals surface area (Å²) in [4.78, 5) is 20.8. The lowest BCUT2D eigenvalue weighted by Gasteiger charge is -2.16. The molecule has 0 radical (unpaired) electrons. The summed E-state index contributed by atoms with van der Waals surface area (Å²) >= 11 is 12.1. The van der Waals surface area contributed by atoms with E-state index in [1.54, 1.807) is 12.1 Å². The summed E-state index contributed by atoms with van der Waals surface area (Å²) in [6, 6.07) is 3.21. The van der Waals surface area contributed by atoms with Crippen LogP contribution in [0.1, 0.15) is 36.0 Å². The van der Waals surface area contributed by atoms with Crippen LogP contribution in [0, 0.1) is 0 Å². The van der Waals surface area contributed by atoms with Crippen LogP contribution in [0.2, 0.25) is 10.0 Å². The molecule has 8 heteroatoms. The van der Waals surface area contributed by atoms with Crippen molar-refractivity contribution in [2.45, 2.75) is 31.8 Å². The topological polar surface area (TPSA) is 73.3 Å². The molecule has 2 aromatic rings. The first-order valence-corrected chi connectivity index (χ1v) is 8.66. The van der Waals surface area contributed by atoms with Crippen LogP contribution in [0.3, 0.4) is 0 Å². The second kappa shape index (κ2) is 7.89. The Bertz CT molecular complexity index is 759. The molecule has 0 aliphatic heterocycles. The summed E-state index contributed by atoms with van der Waals surface area (Å²) in [5.41, 5.74) is 0.586. The molecule has 25 heavy (non-hydrogen) atoms. The van der Waals surface area contributed by atoms with Crippen molar-refractivity contribution < 1.29 is 14.3 Å². The van der Waals surface area contributed by atoms with Gasteiger partial charge < -0.3 is 14.8 Å². The fourth-order valence-electron chi connectivity index (χ4n) is 2.68. The largest absolute Gasteiger partial charge is 0.481 e. The Morgan fingerprint density at radius 1 is 1.20 bits per heavy atom. The van der Waals surface area contributed by atoms with Crippen LogP contribution in [-0.2, 0) is 0 Å². The summed E-state index contributed by atoms with van der Waals surface area (Å²) in [6.45, 7) is 0. The molecule has 1 fully saturated rings. The smallest absolute Gasteiger partial charge is 0.261 e. The quantitative estimate of drug-likeness (QED) is 0.832. The van der Waals surface area contributed by atoms with Crippen molar-refractivity contribution in [3.8, 4) is 11.8 Å². The molecule has 132 valence electrons. The van der Waals surface area contributed by atoms with Crippen molar-refractivity contribution >= 4 is 34.8 Å². The number of nitrogens with zero attached hydrogens (tertiary/aromatic N) is 2. The number of hydrogen-bond donors (Lipinski definition) is 1. The van der Waals surface area contributed by atoms with Crippen LogP contribution in [0.15, 0.2) is 24.5 Å². The number of aromatic nitrogens is 2. The third-order valence-electron chi connectivity index (χ3n) is 3.96. The van der Waals surface area contributed by atoms with Gasteiger partial charge >= 0.3 is 0 Å². The van der Waals surface area contributed by atoms with Crippen molar-refractivity contribution in [3.05, 3.63) is 40.1 Å². The van der Waals surface area contributed by atoms with E-state index in [-0.39, 0.29) is 27.6 Å². The lowest BCUT2D eigenvalue weighted by Crippen LogP contribution is -2.19. The molecule has 2 aromatic heterocycles. The Kier molecular flexibility index (Phi) is 5.60. The highest BCUT2D eigenvalue weighted by atomic mass is 35.5. The van der Waals surface area contributed by atoms with Gasteiger partial charge in [-0.05, 0) is 31.7 Å². The Hall–Kier alpha value is -2.05. The van der Waals surface area contributed by atoms with Crippen LogP contribution in [0.25, 0.3) is 0 Å². The number of nitrogens with one attached hydrogen (secondary N) is 1. The zero-order valence-electron chi connectivity index (χ0n) is 13.6. The zero-order valence-corrected chi connectivity index (χ0v) is 15.1. The third kappa shape index (κ3) is 4.14. The molecule has 2 heterocycles. The molecule has 3 rings (SSSR count). The number of hydrogen-bond acceptors (Lipinski definition) is 5. The first-order valence-electron chi connectivity index (χ1n) is 7.90. The van der Waals surface area contributed by atoms with Gasteiger partial charge in [0.15, 0.2) is 0 Å². The van der Waals surface area contributed by atoms with E-state index < -0.39 is 5.91 Å². The van der Waals surface area contributed by atoms with E-state index in [2.05, 4.69) is 15.3 Å². The summed E-state index contributed by atoms with van der Waals surface area (Å²) < 4.78 is 11.1.